The Bertz CT molecular complexity index is 615. The largest absolute Gasteiger partial charge is 0.490 e. The van der Waals surface area contributed by atoms with Gasteiger partial charge in [0.2, 0.25) is 0 Å². The van der Waals surface area contributed by atoms with Gasteiger partial charge in [-0.05, 0) is 75.0 Å². The average Bonchev–Trinajstić information content (AvgIpc) is 3.30. The van der Waals surface area contributed by atoms with E-state index in [0.29, 0.717) is 12.0 Å². The van der Waals surface area contributed by atoms with Crippen LogP contribution in [0.25, 0.3) is 0 Å². The molecule has 0 aromatic heterocycles. The van der Waals surface area contributed by atoms with E-state index < -0.39 is 0 Å². The van der Waals surface area contributed by atoms with Crippen molar-refractivity contribution < 1.29 is 14.2 Å². The van der Waals surface area contributed by atoms with E-state index >= 15 is 0 Å². The fraction of sp³-hybridized carbons (Fsp3) is 0.708. The molecule has 0 spiro atoms. The van der Waals surface area contributed by atoms with E-state index in [-0.39, 0.29) is 24.0 Å². The minimum Gasteiger partial charge on any atom is -0.490 e. The lowest BCUT2D eigenvalue weighted by atomic mass is 10.0. The molecule has 1 aliphatic heterocycles. The Morgan fingerprint density at radius 2 is 1.74 bits per heavy atom. The fourth-order valence-corrected chi connectivity index (χ4v) is 4.02. The number of nitrogens with one attached hydrogen (secondary N) is 2. The van der Waals surface area contributed by atoms with E-state index in [2.05, 4.69) is 39.9 Å². The zero-order chi connectivity index (χ0) is 20.9. The van der Waals surface area contributed by atoms with E-state index in [4.69, 9.17) is 14.2 Å². The summed E-state index contributed by atoms with van der Waals surface area (Å²) in [5.41, 5.74) is 1.30. The fourth-order valence-electron chi connectivity index (χ4n) is 4.02. The van der Waals surface area contributed by atoms with Crippen molar-refractivity contribution in [2.75, 3.05) is 46.6 Å². The van der Waals surface area contributed by atoms with Gasteiger partial charge in [-0.15, -0.1) is 24.0 Å². The number of ether oxygens (including phenoxy) is 3. The molecule has 7 heteroatoms. The van der Waals surface area contributed by atoms with Gasteiger partial charge >= 0.3 is 0 Å². The van der Waals surface area contributed by atoms with E-state index in [1.54, 1.807) is 0 Å². The molecular formula is C24H40IN3O3. The second-order valence-corrected chi connectivity index (χ2v) is 8.33. The Balaban J connectivity index is 0.00000341. The molecule has 1 aliphatic carbocycles. The van der Waals surface area contributed by atoms with Gasteiger partial charge in [0.15, 0.2) is 5.96 Å². The molecule has 0 atom stereocenters. The van der Waals surface area contributed by atoms with Gasteiger partial charge in [0.25, 0.3) is 0 Å². The molecule has 176 valence electrons. The van der Waals surface area contributed by atoms with E-state index in [9.17, 15) is 0 Å². The highest BCUT2D eigenvalue weighted by molar-refractivity contribution is 14.0. The molecule has 6 nitrogen and oxygen atoms in total. The van der Waals surface area contributed by atoms with Crippen molar-refractivity contribution >= 4 is 29.9 Å². The zero-order valence-electron chi connectivity index (χ0n) is 18.9. The molecule has 1 saturated carbocycles. The minimum absolute atomic E-state index is 0. The van der Waals surface area contributed by atoms with E-state index in [0.717, 1.165) is 76.9 Å². The molecule has 3 rings (SSSR count). The van der Waals surface area contributed by atoms with E-state index in [1.165, 1.54) is 31.2 Å². The Kier molecular flexibility index (Phi) is 13.3. The van der Waals surface area contributed by atoms with Crippen LogP contribution in [0.5, 0.6) is 5.75 Å². The van der Waals surface area contributed by atoms with Crippen molar-refractivity contribution in [2.45, 2.75) is 57.5 Å². The van der Waals surface area contributed by atoms with Crippen LogP contribution in [0.1, 0.15) is 50.5 Å². The van der Waals surface area contributed by atoms with Gasteiger partial charge in [0.05, 0.1) is 6.10 Å². The molecular weight excluding hydrogens is 505 g/mol. The van der Waals surface area contributed by atoms with Crippen molar-refractivity contribution in [3.63, 3.8) is 0 Å². The third-order valence-electron chi connectivity index (χ3n) is 5.91. The van der Waals surface area contributed by atoms with Gasteiger partial charge in [-0.1, -0.05) is 12.1 Å². The van der Waals surface area contributed by atoms with Crippen molar-refractivity contribution in [2.24, 2.45) is 10.9 Å². The topological polar surface area (TPSA) is 64.1 Å². The molecule has 0 unspecified atom stereocenters. The van der Waals surface area contributed by atoms with Gasteiger partial charge in [0, 0.05) is 46.6 Å². The SMILES string of the molecule is CN=C(NCCCOCC1CCOCC1)NCCc1ccc(OC2CCCC2)cc1.I. The quantitative estimate of drug-likeness (QED) is 0.189. The molecule has 1 saturated heterocycles. The van der Waals surface area contributed by atoms with Crippen LogP contribution in [0.2, 0.25) is 0 Å². The summed E-state index contributed by atoms with van der Waals surface area (Å²) < 4.78 is 17.2. The van der Waals surface area contributed by atoms with Gasteiger partial charge < -0.3 is 24.8 Å². The third-order valence-corrected chi connectivity index (χ3v) is 5.91. The monoisotopic (exact) mass is 545 g/mol. The number of hydrogen-bond acceptors (Lipinski definition) is 4. The van der Waals surface area contributed by atoms with Gasteiger partial charge in [0.1, 0.15) is 5.75 Å². The van der Waals surface area contributed by atoms with Crippen LogP contribution in [-0.4, -0.2) is 58.6 Å². The first-order valence-corrected chi connectivity index (χ1v) is 11.7. The maximum absolute atomic E-state index is 6.04. The van der Waals surface area contributed by atoms with Crippen LogP contribution < -0.4 is 15.4 Å². The number of hydrogen-bond donors (Lipinski definition) is 2. The van der Waals surface area contributed by atoms with Gasteiger partial charge in [-0.2, -0.15) is 0 Å². The summed E-state index contributed by atoms with van der Waals surface area (Å²) in [6, 6.07) is 8.53. The van der Waals surface area contributed by atoms with Crippen LogP contribution >= 0.6 is 24.0 Å². The van der Waals surface area contributed by atoms with Crippen molar-refractivity contribution in [1.82, 2.24) is 10.6 Å². The number of nitrogens with zero attached hydrogens (tertiary/aromatic N) is 1. The van der Waals surface area contributed by atoms with E-state index in [1.807, 2.05) is 7.05 Å². The Hall–Kier alpha value is -1.06. The highest BCUT2D eigenvalue weighted by Gasteiger charge is 2.16. The Morgan fingerprint density at radius 1 is 1.03 bits per heavy atom. The predicted molar refractivity (Wildman–Crippen MR) is 137 cm³/mol. The maximum atomic E-state index is 6.04. The normalized spacial score (nSPS) is 17.9. The molecule has 0 radical (unpaired) electrons. The van der Waals surface area contributed by atoms with Crippen LogP contribution in [0.3, 0.4) is 0 Å². The summed E-state index contributed by atoms with van der Waals surface area (Å²) in [5, 5.41) is 6.75. The molecule has 2 N–H and O–H groups in total. The summed E-state index contributed by atoms with van der Waals surface area (Å²) in [6.45, 7) is 5.13. The first kappa shape index (κ1) is 26.2. The third kappa shape index (κ3) is 10.4. The molecule has 0 bridgehead atoms. The standard InChI is InChI=1S/C24H39N3O3.HI/c1-25-24(26-14-4-16-29-19-21-12-17-28-18-13-21)27-15-11-20-7-9-23(10-8-20)30-22-5-2-3-6-22;/h7-10,21-22H,2-6,11-19H2,1H3,(H2,25,26,27);1H. The second kappa shape index (κ2) is 15.7. The number of aliphatic imine (C=N–C) groups is 1. The summed E-state index contributed by atoms with van der Waals surface area (Å²) in [7, 11) is 1.81. The molecule has 2 aliphatic rings. The summed E-state index contributed by atoms with van der Waals surface area (Å²) in [4.78, 5) is 4.30. The van der Waals surface area contributed by atoms with Crippen LogP contribution in [0.4, 0.5) is 0 Å². The van der Waals surface area contributed by atoms with Crippen LogP contribution in [0, 0.1) is 5.92 Å². The van der Waals surface area contributed by atoms with Crippen molar-refractivity contribution in [3.05, 3.63) is 29.8 Å². The molecule has 1 aromatic rings. The Morgan fingerprint density at radius 3 is 2.45 bits per heavy atom. The zero-order valence-corrected chi connectivity index (χ0v) is 21.3. The smallest absolute Gasteiger partial charge is 0.190 e. The number of benzene rings is 1. The van der Waals surface area contributed by atoms with Crippen molar-refractivity contribution in [3.8, 4) is 5.75 Å². The van der Waals surface area contributed by atoms with Gasteiger partial charge in [-0.25, -0.2) is 0 Å². The lowest BCUT2D eigenvalue weighted by Crippen LogP contribution is -2.39. The highest BCUT2D eigenvalue weighted by atomic mass is 127. The number of guanidine groups is 1. The lowest BCUT2D eigenvalue weighted by Gasteiger charge is -2.21. The molecule has 2 fully saturated rings. The maximum Gasteiger partial charge on any atom is 0.190 e. The Labute approximate surface area is 204 Å². The summed E-state index contributed by atoms with van der Waals surface area (Å²) in [5.74, 6) is 2.51. The van der Waals surface area contributed by atoms with Crippen molar-refractivity contribution in [1.29, 1.82) is 0 Å². The minimum atomic E-state index is 0. The molecule has 1 heterocycles. The molecule has 31 heavy (non-hydrogen) atoms. The second-order valence-electron chi connectivity index (χ2n) is 8.33. The number of rotatable bonds is 11. The molecule has 0 amide bonds. The van der Waals surface area contributed by atoms with Gasteiger partial charge in [-0.3, -0.25) is 4.99 Å². The molecule has 1 aromatic carbocycles. The van der Waals surface area contributed by atoms with Crippen LogP contribution in [0.15, 0.2) is 29.3 Å². The first-order valence-electron chi connectivity index (χ1n) is 11.7. The predicted octanol–water partition coefficient (Wildman–Crippen LogP) is 4.17. The number of halogens is 1. The van der Waals surface area contributed by atoms with Crippen LogP contribution in [-0.2, 0) is 15.9 Å². The summed E-state index contributed by atoms with van der Waals surface area (Å²) >= 11 is 0. The highest BCUT2D eigenvalue weighted by Crippen LogP contribution is 2.24. The summed E-state index contributed by atoms with van der Waals surface area (Å²) in [6.07, 6.45) is 9.60. The lowest BCUT2D eigenvalue weighted by molar-refractivity contribution is 0.0203. The first-order chi connectivity index (χ1) is 14.8. The average molecular weight is 546 g/mol.